The Morgan fingerprint density at radius 3 is 1.29 bits per heavy atom. The van der Waals surface area contributed by atoms with Crippen molar-refractivity contribution in [3.63, 3.8) is 0 Å². The van der Waals surface area contributed by atoms with Crippen LogP contribution in [0.5, 0.6) is 0 Å². The standard InChI is InChI=1S/2C21H27NO5.CH4/c2*1-5-26-20(24)27-18-17(16-12-13(2)6-7-14(16)3)19(23)22-21(18)10-8-15(25-4)9-11-21;/h2*6-7,12,15H,5,8-11H2,1-4H3,(H,22,23);1H4. The number of ether oxygens (including phenoxy) is 6. The number of rotatable bonds is 8. The zero-order valence-electron chi connectivity index (χ0n) is 32.8. The minimum Gasteiger partial charge on any atom is -0.434 e. The molecule has 2 aliphatic heterocycles. The number of nitrogens with one attached hydrogen (secondary N) is 2. The molecule has 4 aliphatic rings. The van der Waals surface area contributed by atoms with Crippen LogP contribution < -0.4 is 10.6 Å². The predicted molar refractivity (Wildman–Crippen MR) is 209 cm³/mol. The van der Waals surface area contributed by atoms with Crippen molar-refractivity contribution < 1.29 is 47.6 Å². The average Bonchev–Trinajstić information content (AvgIpc) is 3.55. The monoisotopic (exact) mass is 762 g/mol. The highest BCUT2D eigenvalue weighted by Crippen LogP contribution is 2.46. The van der Waals surface area contributed by atoms with Gasteiger partial charge < -0.3 is 39.1 Å². The van der Waals surface area contributed by atoms with Gasteiger partial charge in [0.2, 0.25) is 0 Å². The lowest BCUT2D eigenvalue weighted by Gasteiger charge is -2.37. The normalized spacial score (nSPS) is 24.4. The van der Waals surface area contributed by atoms with Crippen LogP contribution >= 0.6 is 0 Å². The van der Waals surface area contributed by atoms with E-state index in [2.05, 4.69) is 10.6 Å². The lowest BCUT2D eigenvalue weighted by Crippen LogP contribution is -2.49. The van der Waals surface area contributed by atoms with E-state index < -0.39 is 23.4 Å². The van der Waals surface area contributed by atoms with Gasteiger partial charge in [-0.1, -0.05) is 55.0 Å². The van der Waals surface area contributed by atoms with Crippen molar-refractivity contribution >= 4 is 35.3 Å². The van der Waals surface area contributed by atoms with Gasteiger partial charge in [-0.05, 0) is 115 Å². The minimum absolute atomic E-state index is 0. The topological polar surface area (TPSA) is 148 Å². The van der Waals surface area contributed by atoms with Gasteiger partial charge in [0.15, 0.2) is 0 Å². The maximum absolute atomic E-state index is 13.0. The molecular formula is C43H58N2O10. The number of aryl methyl sites for hydroxylation is 4. The van der Waals surface area contributed by atoms with Crippen LogP contribution in [0.25, 0.3) is 11.1 Å². The molecule has 55 heavy (non-hydrogen) atoms. The predicted octanol–water partition coefficient (Wildman–Crippen LogP) is 7.93. The summed E-state index contributed by atoms with van der Waals surface area (Å²) in [5, 5.41) is 6.21. The van der Waals surface area contributed by atoms with Crippen LogP contribution in [0.4, 0.5) is 9.59 Å². The van der Waals surface area contributed by atoms with E-state index in [1.807, 2.05) is 64.1 Å². The molecule has 2 aromatic carbocycles. The Hall–Kier alpha value is -4.68. The van der Waals surface area contributed by atoms with Crippen LogP contribution in [-0.2, 0) is 38.0 Å². The van der Waals surface area contributed by atoms with Gasteiger partial charge in [0, 0.05) is 14.2 Å². The number of carbonyl (C=O) groups is 4. The third-order valence-corrected chi connectivity index (χ3v) is 10.9. The molecule has 300 valence electrons. The van der Waals surface area contributed by atoms with Crippen molar-refractivity contribution in [2.45, 2.75) is 124 Å². The molecule has 2 N–H and O–H groups in total. The van der Waals surface area contributed by atoms with E-state index >= 15 is 0 Å². The Kier molecular flexibility index (Phi) is 14.3. The minimum atomic E-state index is -0.778. The number of hydrogen-bond donors (Lipinski definition) is 2. The van der Waals surface area contributed by atoms with Crippen LogP contribution in [-0.4, -0.2) is 74.8 Å². The summed E-state index contributed by atoms with van der Waals surface area (Å²) in [6.45, 7) is 11.7. The van der Waals surface area contributed by atoms with Gasteiger partial charge in [0.1, 0.15) is 11.5 Å². The van der Waals surface area contributed by atoms with E-state index in [4.69, 9.17) is 28.4 Å². The van der Waals surface area contributed by atoms with E-state index in [-0.39, 0.29) is 44.7 Å². The molecule has 2 aliphatic carbocycles. The molecule has 6 rings (SSSR count). The first-order valence-corrected chi connectivity index (χ1v) is 18.8. The molecule has 2 spiro atoms. The van der Waals surface area contributed by atoms with Crippen molar-refractivity contribution in [1.29, 1.82) is 0 Å². The molecule has 2 amide bonds. The number of amides is 2. The number of hydrogen-bond acceptors (Lipinski definition) is 10. The van der Waals surface area contributed by atoms with Crippen molar-refractivity contribution in [1.82, 2.24) is 10.6 Å². The fraction of sp³-hybridized carbons (Fsp3) is 0.535. The van der Waals surface area contributed by atoms with E-state index in [9.17, 15) is 19.2 Å². The summed E-state index contributed by atoms with van der Waals surface area (Å²) in [5.74, 6) is 0.348. The molecular weight excluding hydrogens is 704 g/mol. The molecule has 2 heterocycles. The van der Waals surface area contributed by atoms with Gasteiger partial charge in [-0.3, -0.25) is 9.59 Å². The maximum Gasteiger partial charge on any atom is 0.513 e. The summed E-state index contributed by atoms with van der Waals surface area (Å²) in [6.07, 6.45) is 4.50. The highest BCUT2D eigenvalue weighted by Gasteiger charge is 2.51. The van der Waals surface area contributed by atoms with Crippen LogP contribution in [0.2, 0.25) is 0 Å². The first-order chi connectivity index (χ1) is 25.8. The highest BCUT2D eigenvalue weighted by atomic mass is 16.7. The maximum atomic E-state index is 13.0. The van der Waals surface area contributed by atoms with Crippen molar-refractivity contribution in [3.8, 4) is 0 Å². The van der Waals surface area contributed by atoms with E-state index in [0.717, 1.165) is 59.1 Å². The largest absolute Gasteiger partial charge is 0.513 e. The quantitative estimate of drug-likeness (QED) is 0.254. The second-order valence-electron chi connectivity index (χ2n) is 14.6. The van der Waals surface area contributed by atoms with Gasteiger partial charge >= 0.3 is 12.3 Å². The van der Waals surface area contributed by atoms with Gasteiger partial charge in [-0.15, -0.1) is 0 Å². The summed E-state index contributed by atoms with van der Waals surface area (Å²) in [7, 11) is 3.40. The fourth-order valence-electron chi connectivity index (χ4n) is 7.96. The fourth-order valence-corrected chi connectivity index (χ4v) is 7.96. The Bertz CT molecular complexity index is 1680. The molecule has 2 saturated carbocycles. The molecule has 12 nitrogen and oxygen atoms in total. The van der Waals surface area contributed by atoms with Crippen molar-refractivity contribution in [2.24, 2.45) is 0 Å². The summed E-state index contributed by atoms with van der Waals surface area (Å²) in [6, 6.07) is 11.9. The molecule has 12 heteroatoms. The molecule has 0 aromatic heterocycles. The van der Waals surface area contributed by atoms with E-state index in [1.54, 1.807) is 28.1 Å². The van der Waals surface area contributed by atoms with Gasteiger partial charge in [0.25, 0.3) is 11.8 Å². The third kappa shape index (κ3) is 9.24. The smallest absolute Gasteiger partial charge is 0.434 e. The SMILES string of the molecule is C.CCOC(=O)OC1=C(c2cc(C)ccc2C)C(=O)NC12CCC(OC)CC2.CCOC(=O)OC1=C(c2cc(C)ccc2C)C(=O)NC12CCC(OC)CC2. The second kappa shape index (κ2) is 18.3. The highest BCUT2D eigenvalue weighted by molar-refractivity contribution is 6.24. The van der Waals surface area contributed by atoms with Crippen molar-refractivity contribution in [3.05, 3.63) is 81.3 Å². The molecule has 0 bridgehead atoms. The lowest BCUT2D eigenvalue weighted by molar-refractivity contribution is -0.117. The molecule has 0 atom stereocenters. The Morgan fingerprint density at radius 2 is 0.982 bits per heavy atom. The summed E-state index contributed by atoms with van der Waals surface area (Å²) in [4.78, 5) is 50.2. The third-order valence-electron chi connectivity index (χ3n) is 10.9. The van der Waals surface area contributed by atoms with Crippen molar-refractivity contribution in [2.75, 3.05) is 27.4 Å². The van der Waals surface area contributed by atoms with Gasteiger partial charge in [-0.25, -0.2) is 9.59 Å². The van der Waals surface area contributed by atoms with E-state index in [0.29, 0.717) is 48.3 Å². The molecule has 2 fully saturated rings. The Balaban J connectivity index is 0.000000240. The van der Waals surface area contributed by atoms with Gasteiger partial charge in [0.05, 0.1) is 47.6 Å². The second-order valence-corrected chi connectivity index (χ2v) is 14.6. The van der Waals surface area contributed by atoms with Gasteiger partial charge in [-0.2, -0.15) is 0 Å². The van der Waals surface area contributed by atoms with Crippen LogP contribution in [0.3, 0.4) is 0 Å². The van der Waals surface area contributed by atoms with E-state index in [1.165, 1.54) is 0 Å². The first-order valence-electron chi connectivity index (χ1n) is 18.8. The molecule has 2 aromatic rings. The zero-order valence-corrected chi connectivity index (χ0v) is 32.8. The summed E-state index contributed by atoms with van der Waals surface area (Å²) >= 11 is 0. The lowest BCUT2D eigenvalue weighted by atomic mass is 9.79. The summed E-state index contributed by atoms with van der Waals surface area (Å²) < 4.78 is 32.2. The summed E-state index contributed by atoms with van der Waals surface area (Å²) in [5.41, 5.74) is 5.05. The number of carbonyl (C=O) groups excluding carboxylic acids is 4. The zero-order chi connectivity index (χ0) is 39.2. The average molecular weight is 763 g/mol. The Morgan fingerprint density at radius 1 is 0.636 bits per heavy atom. The molecule has 0 saturated heterocycles. The number of benzene rings is 2. The number of methoxy groups -OCH3 is 2. The van der Waals surface area contributed by atoms with Crippen LogP contribution in [0.1, 0.15) is 106 Å². The van der Waals surface area contributed by atoms with Crippen LogP contribution in [0, 0.1) is 27.7 Å². The Labute approximate surface area is 325 Å². The first kappa shape index (κ1) is 43.1. The molecule has 0 unspecified atom stereocenters. The van der Waals surface area contributed by atoms with Crippen LogP contribution in [0.15, 0.2) is 47.9 Å². The molecule has 0 radical (unpaired) electrons.